The molecule has 0 aromatic heterocycles. The monoisotopic (exact) mass is 270 g/mol. The van der Waals surface area contributed by atoms with Gasteiger partial charge in [-0.15, -0.1) is 0 Å². The van der Waals surface area contributed by atoms with E-state index >= 15 is 0 Å². The molecule has 3 rings (SSSR count). The molecule has 2 nitrogen and oxygen atoms in total. The number of hydrogen-bond donors (Lipinski definition) is 1. The number of hydrogen-bond acceptors (Lipinski definition) is 2. The van der Waals surface area contributed by atoms with Gasteiger partial charge in [0.05, 0.1) is 0 Å². The zero-order chi connectivity index (χ0) is 13.9. The van der Waals surface area contributed by atoms with Crippen LogP contribution in [0.1, 0.15) is 17.5 Å². The second-order valence-corrected chi connectivity index (χ2v) is 5.31. The molecule has 3 heteroatoms. The third kappa shape index (κ3) is 2.62. The van der Waals surface area contributed by atoms with Gasteiger partial charge in [-0.2, -0.15) is 0 Å². The largest absolute Gasteiger partial charge is 0.385 e. The first kappa shape index (κ1) is 13.0. The number of nitrogens with zero attached hydrogens (tertiary/aromatic N) is 1. The lowest BCUT2D eigenvalue weighted by molar-refractivity contribution is 0.627. The van der Waals surface area contributed by atoms with Crippen LogP contribution in [0.25, 0.3) is 0 Å². The maximum atomic E-state index is 13.3. The van der Waals surface area contributed by atoms with Crippen LogP contribution in [0.3, 0.4) is 0 Å². The smallest absolute Gasteiger partial charge is 0.125 e. The fourth-order valence-corrected chi connectivity index (χ4v) is 2.79. The molecule has 0 atom stereocenters. The minimum Gasteiger partial charge on any atom is -0.385 e. The van der Waals surface area contributed by atoms with Crippen molar-refractivity contribution in [2.24, 2.45) is 0 Å². The highest BCUT2D eigenvalue weighted by Crippen LogP contribution is 2.27. The number of nitrogens with one attached hydrogen (secondary N) is 1. The first-order chi connectivity index (χ1) is 9.74. The Morgan fingerprint density at radius 3 is 2.90 bits per heavy atom. The summed E-state index contributed by atoms with van der Waals surface area (Å²) in [6, 6.07) is 13.1. The fraction of sp³-hybridized carbons (Fsp3) is 0.294. The minimum atomic E-state index is -0.189. The lowest BCUT2D eigenvalue weighted by atomic mass is 9.97. The van der Waals surface area contributed by atoms with Crippen LogP contribution in [0.15, 0.2) is 42.5 Å². The van der Waals surface area contributed by atoms with Crippen LogP contribution < -0.4 is 10.2 Å². The van der Waals surface area contributed by atoms with Crippen molar-refractivity contribution in [2.75, 3.05) is 23.8 Å². The van der Waals surface area contributed by atoms with E-state index in [1.54, 1.807) is 12.1 Å². The van der Waals surface area contributed by atoms with Crippen molar-refractivity contribution < 1.29 is 4.39 Å². The molecule has 0 radical (unpaired) electrons. The van der Waals surface area contributed by atoms with Crippen molar-refractivity contribution in [3.05, 3.63) is 59.4 Å². The maximum Gasteiger partial charge on any atom is 0.125 e. The van der Waals surface area contributed by atoms with E-state index in [9.17, 15) is 4.39 Å². The third-order valence-corrected chi connectivity index (χ3v) is 3.85. The Labute approximate surface area is 119 Å². The van der Waals surface area contributed by atoms with Crippen LogP contribution in [0.4, 0.5) is 15.8 Å². The van der Waals surface area contributed by atoms with Crippen LogP contribution in [0.5, 0.6) is 0 Å². The van der Waals surface area contributed by atoms with Gasteiger partial charge in [-0.25, -0.2) is 4.39 Å². The van der Waals surface area contributed by atoms with Gasteiger partial charge in [-0.1, -0.05) is 18.2 Å². The summed E-state index contributed by atoms with van der Waals surface area (Å²) in [4.78, 5) is 2.09. The maximum absolute atomic E-state index is 13.3. The summed E-state index contributed by atoms with van der Waals surface area (Å²) in [6.07, 6.45) is 2.29. The second-order valence-electron chi connectivity index (χ2n) is 5.31. The molecule has 0 spiro atoms. The fourth-order valence-electron chi connectivity index (χ4n) is 2.79. The zero-order valence-electron chi connectivity index (χ0n) is 11.7. The van der Waals surface area contributed by atoms with Crippen molar-refractivity contribution in [1.29, 1.82) is 0 Å². The van der Waals surface area contributed by atoms with Crippen molar-refractivity contribution >= 4 is 11.4 Å². The molecule has 2 aromatic carbocycles. The zero-order valence-corrected chi connectivity index (χ0v) is 11.7. The first-order valence-electron chi connectivity index (χ1n) is 7.05. The summed E-state index contributed by atoms with van der Waals surface area (Å²) < 4.78 is 13.3. The molecule has 0 aliphatic carbocycles. The molecular weight excluding hydrogens is 251 g/mol. The Morgan fingerprint density at radius 2 is 2.05 bits per heavy atom. The van der Waals surface area contributed by atoms with Crippen LogP contribution in [-0.2, 0) is 13.0 Å². The van der Waals surface area contributed by atoms with Crippen molar-refractivity contribution in [1.82, 2.24) is 0 Å². The summed E-state index contributed by atoms with van der Waals surface area (Å²) >= 11 is 0. The molecule has 1 N–H and O–H groups in total. The molecule has 1 aliphatic heterocycles. The van der Waals surface area contributed by atoms with Gasteiger partial charge in [0.25, 0.3) is 0 Å². The SMILES string of the molecule is CN(Cc1cccc2c1CCCN2)c1cccc(F)c1. The molecule has 2 aromatic rings. The van der Waals surface area contributed by atoms with Crippen LogP contribution in [0, 0.1) is 5.82 Å². The number of halogens is 1. The standard InChI is InChI=1S/C17H19FN2/c1-20(15-7-3-6-14(18)11-15)12-13-5-2-9-17-16(13)8-4-10-19-17/h2-3,5-7,9,11,19H,4,8,10,12H2,1H3. The molecule has 0 fully saturated rings. The van der Waals surface area contributed by atoms with Gasteiger partial charge in [0.2, 0.25) is 0 Å². The molecule has 1 heterocycles. The van der Waals surface area contributed by atoms with Gasteiger partial charge in [0, 0.05) is 31.5 Å². The molecule has 0 bridgehead atoms. The first-order valence-corrected chi connectivity index (χ1v) is 7.05. The van der Waals surface area contributed by atoms with E-state index in [-0.39, 0.29) is 5.82 Å². The van der Waals surface area contributed by atoms with Gasteiger partial charge in [0.15, 0.2) is 0 Å². The molecule has 104 valence electrons. The molecule has 20 heavy (non-hydrogen) atoms. The normalized spacial score (nSPS) is 13.5. The number of rotatable bonds is 3. The average Bonchev–Trinajstić information content (AvgIpc) is 2.47. The van der Waals surface area contributed by atoms with E-state index < -0.39 is 0 Å². The van der Waals surface area contributed by atoms with Crippen molar-refractivity contribution in [3.63, 3.8) is 0 Å². The summed E-state index contributed by atoms with van der Waals surface area (Å²) in [6.45, 7) is 1.85. The van der Waals surface area contributed by atoms with Gasteiger partial charge >= 0.3 is 0 Å². The van der Waals surface area contributed by atoms with Crippen LogP contribution >= 0.6 is 0 Å². The summed E-state index contributed by atoms with van der Waals surface area (Å²) in [5.74, 6) is -0.189. The van der Waals surface area contributed by atoms with E-state index in [1.165, 1.54) is 29.3 Å². The Bertz CT molecular complexity index is 610. The minimum absolute atomic E-state index is 0.189. The number of fused-ring (bicyclic) bond motifs is 1. The number of benzene rings is 2. The molecule has 0 amide bonds. The predicted octanol–water partition coefficient (Wildman–Crippen LogP) is 3.82. The van der Waals surface area contributed by atoms with Crippen LogP contribution in [0.2, 0.25) is 0 Å². The topological polar surface area (TPSA) is 15.3 Å². The van der Waals surface area contributed by atoms with Crippen molar-refractivity contribution in [3.8, 4) is 0 Å². The van der Waals surface area contributed by atoms with Crippen LogP contribution in [-0.4, -0.2) is 13.6 Å². The van der Waals surface area contributed by atoms with E-state index in [0.29, 0.717) is 0 Å². The molecule has 0 unspecified atom stereocenters. The second kappa shape index (κ2) is 5.53. The average molecular weight is 270 g/mol. The third-order valence-electron chi connectivity index (χ3n) is 3.85. The van der Waals surface area contributed by atoms with E-state index in [2.05, 4.69) is 28.4 Å². The highest BCUT2D eigenvalue weighted by Gasteiger charge is 2.13. The Morgan fingerprint density at radius 1 is 1.20 bits per heavy atom. The van der Waals surface area contributed by atoms with Gasteiger partial charge in [-0.05, 0) is 48.2 Å². The Balaban J connectivity index is 1.84. The van der Waals surface area contributed by atoms with Crippen molar-refractivity contribution in [2.45, 2.75) is 19.4 Å². The highest BCUT2D eigenvalue weighted by molar-refractivity contribution is 5.57. The molecule has 0 saturated heterocycles. The van der Waals surface area contributed by atoms with Gasteiger partial charge in [0.1, 0.15) is 5.82 Å². The Kier molecular flexibility index (Phi) is 3.59. The van der Waals surface area contributed by atoms with E-state index in [4.69, 9.17) is 0 Å². The predicted molar refractivity (Wildman–Crippen MR) is 81.8 cm³/mol. The van der Waals surface area contributed by atoms with Gasteiger partial charge in [-0.3, -0.25) is 0 Å². The summed E-state index contributed by atoms with van der Waals surface area (Å²) in [7, 11) is 2.00. The van der Waals surface area contributed by atoms with E-state index in [1.807, 2.05) is 13.1 Å². The summed E-state index contributed by atoms with van der Waals surface area (Å²) in [5.41, 5.74) is 4.89. The lowest BCUT2D eigenvalue weighted by Gasteiger charge is -2.25. The highest BCUT2D eigenvalue weighted by atomic mass is 19.1. The Hall–Kier alpha value is -2.03. The number of anilines is 2. The molecule has 1 aliphatic rings. The van der Waals surface area contributed by atoms with Gasteiger partial charge < -0.3 is 10.2 Å². The quantitative estimate of drug-likeness (QED) is 0.912. The van der Waals surface area contributed by atoms with E-state index in [0.717, 1.165) is 25.2 Å². The molecule has 0 saturated carbocycles. The molecular formula is C17H19FN2. The summed E-state index contributed by atoms with van der Waals surface area (Å²) in [5, 5.41) is 3.45. The lowest BCUT2D eigenvalue weighted by Crippen LogP contribution is -2.20.